The Morgan fingerprint density at radius 1 is 1.27 bits per heavy atom. The quantitative estimate of drug-likeness (QED) is 0.501. The minimum atomic E-state index is -0.574. The molecule has 0 bridgehead atoms. The van der Waals surface area contributed by atoms with Gasteiger partial charge in [0.05, 0.1) is 6.10 Å². The Kier molecular flexibility index (Phi) is 8.38. The topological polar surface area (TPSA) is 46.5 Å². The first-order chi connectivity index (χ1) is 7.11. The summed E-state index contributed by atoms with van der Waals surface area (Å²) < 4.78 is 5.15. The predicted molar refractivity (Wildman–Crippen MR) is 60.6 cm³/mol. The lowest BCUT2D eigenvalue weighted by Gasteiger charge is -2.18. The molecule has 0 aromatic rings. The van der Waals surface area contributed by atoms with Gasteiger partial charge >= 0.3 is 5.97 Å². The van der Waals surface area contributed by atoms with Gasteiger partial charge in [0, 0.05) is 6.42 Å². The molecule has 0 rings (SSSR count). The fourth-order valence-corrected chi connectivity index (χ4v) is 1.45. The molecule has 0 aromatic carbocycles. The summed E-state index contributed by atoms with van der Waals surface area (Å²) in [5.41, 5.74) is 0. The van der Waals surface area contributed by atoms with Crippen molar-refractivity contribution in [3.05, 3.63) is 0 Å². The first-order valence-electron chi connectivity index (χ1n) is 5.99. The van der Waals surface area contributed by atoms with E-state index in [-0.39, 0.29) is 12.1 Å². The Morgan fingerprint density at radius 2 is 1.93 bits per heavy atom. The van der Waals surface area contributed by atoms with Gasteiger partial charge in [-0.2, -0.15) is 0 Å². The largest absolute Gasteiger partial charge is 0.460 e. The zero-order valence-corrected chi connectivity index (χ0v) is 10.2. The number of aliphatic hydroxyl groups is 1. The lowest BCUT2D eigenvalue weighted by Crippen LogP contribution is -2.28. The maximum atomic E-state index is 11.3. The lowest BCUT2D eigenvalue weighted by molar-refractivity contribution is -0.154. The van der Waals surface area contributed by atoms with Crippen LogP contribution in [0.25, 0.3) is 0 Å². The maximum Gasteiger partial charge on any atom is 0.306 e. The minimum Gasteiger partial charge on any atom is -0.460 e. The summed E-state index contributed by atoms with van der Waals surface area (Å²) in [6, 6.07) is 0. The second kappa shape index (κ2) is 8.72. The standard InChI is InChI=1S/C12H24O3/c1-4-6-7-8-9-12(14)15-11(5-2)10(3)13/h10-11,13H,4-9H2,1-3H3. The van der Waals surface area contributed by atoms with Crippen molar-refractivity contribution in [3.8, 4) is 0 Å². The Labute approximate surface area is 92.8 Å². The third kappa shape index (κ3) is 7.37. The summed E-state index contributed by atoms with van der Waals surface area (Å²) in [6.07, 6.45) is 4.53. The van der Waals surface area contributed by atoms with E-state index in [1.807, 2.05) is 6.92 Å². The van der Waals surface area contributed by atoms with Crippen molar-refractivity contribution in [2.75, 3.05) is 0 Å². The van der Waals surface area contributed by atoms with E-state index in [0.717, 1.165) is 12.8 Å². The summed E-state index contributed by atoms with van der Waals surface area (Å²) >= 11 is 0. The Balaban J connectivity index is 3.62. The van der Waals surface area contributed by atoms with Crippen LogP contribution in [-0.4, -0.2) is 23.3 Å². The van der Waals surface area contributed by atoms with Crippen LogP contribution in [0, 0.1) is 0 Å². The number of carbonyl (C=O) groups is 1. The molecule has 2 atom stereocenters. The summed E-state index contributed by atoms with van der Waals surface area (Å²) in [7, 11) is 0. The normalized spacial score (nSPS) is 14.7. The van der Waals surface area contributed by atoms with E-state index in [1.165, 1.54) is 12.8 Å². The predicted octanol–water partition coefficient (Wildman–Crippen LogP) is 2.66. The van der Waals surface area contributed by atoms with Crippen LogP contribution in [0.1, 0.15) is 59.3 Å². The first kappa shape index (κ1) is 14.4. The molecule has 0 heterocycles. The summed E-state index contributed by atoms with van der Waals surface area (Å²) in [5, 5.41) is 9.29. The van der Waals surface area contributed by atoms with Crippen molar-refractivity contribution in [3.63, 3.8) is 0 Å². The van der Waals surface area contributed by atoms with Crippen LogP contribution in [0.3, 0.4) is 0 Å². The van der Waals surface area contributed by atoms with Crippen molar-refractivity contribution in [2.45, 2.75) is 71.5 Å². The molecule has 0 aliphatic carbocycles. The number of hydrogen-bond acceptors (Lipinski definition) is 3. The van der Waals surface area contributed by atoms with E-state index in [0.29, 0.717) is 12.8 Å². The highest BCUT2D eigenvalue weighted by atomic mass is 16.6. The molecule has 0 aliphatic rings. The Hall–Kier alpha value is -0.570. The van der Waals surface area contributed by atoms with Crippen molar-refractivity contribution in [1.29, 1.82) is 0 Å². The van der Waals surface area contributed by atoms with Crippen LogP contribution < -0.4 is 0 Å². The van der Waals surface area contributed by atoms with Gasteiger partial charge in [0.1, 0.15) is 6.10 Å². The van der Waals surface area contributed by atoms with E-state index in [2.05, 4.69) is 6.92 Å². The van der Waals surface area contributed by atoms with Gasteiger partial charge in [-0.1, -0.05) is 33.1 Å². The van der Waals surface area contributed by atoms with Gasteiger partial charge in [-0.3, -0.25) is 4.79 Å². The van der Waals surface area contributed by atoms with Gasteiger partial charge in [0.25, 0.3) is 0 Å². The molecular formula is C12H24O3. The van der Waals surface area contributed by atoms with Crippen molar-refractivity contribution >= 4 is 5.97 Å². The summed E-state index contributed by atoms with van der Waals surface area (Å²) in [6.45, 7) is 5.69. The monoisotopic (exact) mass is 216 g/mol. The molecule has 1 N–H and O–H groups in total. The number of rotatable bonds is 8. The van der Waals surface area contributed by atoms with Gasteiger partial charge < -0.3 is 9.84 Å². The number of aliphatic hydroxyl groups excluding tert-OH is 1. The number of carbonyl (C=O) groups excluding carboxylic acids is 1. The fourth-order valence-electron chi connectivity index (χ4n) is 1.45. The molecule has 0 aliphatic heterocycles. The molecular weight excluding hydrogens is 192 g/mol. The average molecular weight is 216 g/mol. The van der Waals surface area contributed by atoms with E-state index in [9.17, 15) is 9.90 Å². The number of unbranched alkanes of at least 4 members (excludes halogenated alkanes) is 3. The van der Waals surface area contributed by atoms with Gasteiger partial charge in [0.2, 0.25) is 0 Å². The van der Waals surface area contributed by atoms with E-state index in [1.54, 1.807) is 6.92 Å². The fraction of sp³-hybridized carbons (Fsp3) is 0.917. The molecule has 0 aromatic heterocycles. The zero-order chi connectivity index (χ0) is 11.7. The van der Waals surface area contributed by atoms with E-state index < -0.39 is 6.10 Å². The number of esters is 1. The smallest absolute Gasteiger partial charge is 0.306 e. The van der Waals surface area contributed by atoms with Crippen molar-refractivity contribution < 1.29 is 14.6 Å². The van der Waals surface area contributed by atoms with Gasteiger partial charge in [-0.15, -0.1) is 0 Å². The van der Waals surface area contributed by atoms with Gasteiger partial charge in [-0.05, 0) is 19.8 Å². The van der Waals surface area contributed by atoms with Crippen LogP contribution in [-0.2, 0) is 9.53 Å². The molecule has 90 valence electrons. The van der Waals surface area contributed by atoms with Gasteiger partial charge in [-0.25, -0.2) is 0 Å². The Morgan fingerprint density at radius 3 is 2.40 bits per heavy atom. The highest BCUT2D eigenvalue weighted by Gasteiger charge is 2.16. The molecule has 0 spiro atoms. The molecule has 2 unspecified atom stereocenters. The first-order valence-corrected chi connectivity index (χ1v) is 5.99. The van der Waals surface area contributed by atoms with E-state index in [4.69, 9.17) is 4.74 Å². The number of ether oxygens (including phenoxy) is 1. The van der Waals surface area contributed by atoms with Crippen LogP contribution in [0.2, 0.25) is 0 Å². The molecule has 0 amide bonds. The zero-order valence-electron chi connectivity index (χ0n) is 10.2. The van der Waals surface area contributed by atoms with Gasteiger partial charge in [0.15, 0.2) is 0 Å². The third-order valence-electron chi connectivity index (χ3n) is 2.46. The third-order valence-corrected chi connectivity index (χ3v) is 2.46. The molecule has 0 fully saturated rings. The highest BCUT2D eigenvalue weighted by Crippen LogP contribution is 2.08. The summed E-state index contributed by atoms with van der Waals surface area (Å²) in [5.74, 6) is -0.182. The second-order valence-corrected chi connectivity index (χ2v) is 3.99. The average Bonchev–Trinajstić information content (AvgIpc) is 2.20. The summed E-state index contributed by atoms with van der Waals surface area (Å²) in [4.78, 5) is 11.3. The van der Waals surface area contributed by atoms with Crippen LogP contribution in [0.5, 0.6) is 0 Å². The lowest BCUT2D eigenvalue weighted by atomic mass is 10.1. The molecule has 15 heavy (non-hydrogen) atoms. The number of hydrogen-bond donors (Lipinski definition) is 1. The SMILES string of the molecule is CCCCCCC(=O)OC(CC)C(C)O. The Bertz CT molecular complexity index is 166. The van der Waals surface area contributed by atoms with Crippen LogP contribution >= 0.6 is 0 Å². The molecule has 0 saturated heterocycles. The molecule has 3 heteroatoms. The van der Waals surface area contributed by atoms with Crippen LogP contribution in [0.15, 0.2) is 0 Å². The van der Waals surface area contributed by atoms with Crippen molar-refractivity contribution in [1.82, 2.24) is 0 Å². The minimum absolute atomic E-state index is 0.182. The molecule has 0 saturated carbocycles. The van der Waals surface area contributed by atoms with E-state index >= 15 is 0 Å². The molecule has 3 nitrogen and oxygen atoms in total. The molecule has 0 radical (unpaired) electrons. The van der Waals surface area contributed by atoms with Crippen LogP contribution in [0.4, 0.5) is 0 Å². The second-order valence-electron chi connectivity index (χ2n) is 3.99. The van der Waals surface area contributed by atoms with Crippen molar-refractivity contribution in [2.24, 2.45) is 0 Å². The highest BCUT2D eigenvalue weighted by molar-refractivity contribution is 5.69. The maximum absolute atomic E-state index is 11.3.